The van der Waals surface area contributed by atoms with Crippen molar-refractivity contribution >= 4 is 11.6 Å². The monoisotopic (exact) mass is 416 g/mol. The van der Waals surface area contributed by atoms with E-state index in [1.807, 2.05) is 0 Å². The van der Waals surface area contributed by atoms with E-state index in [1.54, 1.807) is 12.1 Å². The highest BCUT2D eigenvalue weighted by atomic mass is 19.1. The zero-order chi connectivity index (χ0) is 20.8. The third-order valence-electron chi connectivity index (χ3n) is 5.94. The molecule has 1 saturated carbocycles. The summed E-state index contributed by atoms with van der Waals surface area (Å²) in [6, 6.07) is 4.41. The van der Waals surface area contributed by atoms with Crippen molar-refractivity contribution < 1.29 is 28.2 Å². The molecule has 6 nitrogen and oxygen atoms in total. The average molecular weight is 416 g/mol. The van der Waals surface area contributed by atoms with E-state index in [-0.39, 0.29) is 36.2 Å². The molecule has 0 radical (unpaired) electrons. The fraction of sp³-hybridized carbons (Fsp3) is 0.455. The van der Waals surface area contributed by atoms with Crippen molar-refractivity contribution in [2.24, 2.45) is 5.92 Å². The number of carbonyl (C=O) groups excluding carboxylic acids is 1. The number of benzene rings is 1. The van der Waals surface area contributed by atoms with E-state index in [4.69, 9.17) is 9.47 Å². The molecule has 0 bridgehead atoms. The summed E-state index contributed by atoms with van der Waals surface area (Å²) in [6.45, 7) is 0.853. The van der Waals surface area contributed by atoms with Crippen LogP contribution in [0.1, 0.15) is 42.9 Å². The van der Waals surface area contributed by atoms with Gasteiger partial charge in [0.1, 0.15) is 11.6 Å². The lowest BCUT2D eigenvalue weighted by atomic mass is 10.1. The van der Waals surface area contributed by atoms with E-state index in [9.17, 15) is 18.7 Å². The summed E-state index contributed by atoms with van der Waals surface area (Å²) in [6.07, 6.45) is 2.90. The molecule has 2 fully saturated rings. The van der Waals surface area contributed by atoms with Crippen molar-refractivity contribution in [3.63, 3.8) is 0 Å². The van der Waals surface area contributed by atoms with Gasteiger partial charge in [-0.05, 0) is 43.2 Å². The van der Waals surface area contributed by atoms with Crippen LogP contribution in [0.4, 0.5) is 14.5 Å². The van der Waals surface area contributed by atoms with Crippen molar-refractivity contribution in [2.45, 2.75) is 44.3 Å². The van der Waals surface area contributed by atoms with Crippen LogP contribution in [-0.4, -0.2) is 35.3 Å². The van der Waals surface area contributed by atoms with Crippen molar-refractivity contribution in [1.29, 1.82) is 0 Å². The minimum atomic E-state index is -1.05. The van der Waals surface area contributed by atoms with E-state index in [0.29, 0.717) is 30.6 Å². The van der Waals surface area contributed by atoms with E-state index >= 15 is 0 Å². The summed E-state index contributed by atoms with van der Waals surface area (Å²) in [5.74, 6) is -0.247. The van der Waals surface area contributed by atoms with E-state index in [1.165, 1.54) is 23.9 Å². The van der Waals surface area contributed by atoms with Gasteiger partial charge in [-0.2, -0.15) is 0 Å². The van der Waals surface area contributed by atoms with Crippen LogP contribution in [0.5, 0.6) is 11.6 Å². The van der Waals surface area contributed by atoms with Crippen molar-refractivity contribution in [3.8, 4) is 11.6 Å². The first-order valence-electron chi connectivity index (χ1n) is 10.3. The smallest absolute Gasteiger partial charge is 0.268 e. The van der Waals surface area contributed by atoms with Crippen LogP contribution in [0.15, 0.2) is 24.4 Å². The van der Waals surface area contributed by atoms with Crippen LogP contribution >= 0.6 is 0 Å². The molecule has 1 saturated heterocycles. The third-order valence-corrected chi connectivity index (χ3v) is 5.94. The normalized spacial score (nSPS) is 23.0. The molecule has 1 aromatic carbocycles. The molecule has 1 N–H and O–H groups in total. The van der Waals surface area contributed by atoms with Gasteiger partial charge >= 0.3 is 0 Å². The number of aliphatic hydroxyl groups excluding tert-OH is 1. The highest BCUT2D eigenvalue weighted by Crippen LogP contribution is 2.40. The molecule has 1 aliphatic heterocycles. The molecule has 5 rings (SSSR count). The van der Waals surface area contributed by atoms with Crippen molar-refractivity contribution in [2.75, 3.05) is 18.1 Å². The maximum Gasteiger partial charge on any atom is 0.268 e. The van der Waals surface area contributed by atoms with Crippen LogP contribution in [0.25, 0.3) is 0 Å². The number of pyridine rings is 1. The highest BCUT2D eigenvalue weighted by Gasteiger charge is 2.38. The predicted octanol–water partition coefficient (Wildman–Crippen LogP) is 3.31. The highest BCUT2D eigenvalue weighted by molar-refractivity contribution is 5.99. The molecule has 2 heterocycles. The fourth-order valence-corrected chi connectivity index (χ4v) is 4.07. The lowest BCUT2D eigenvalue weighted by Crippen LogP contribution is -2.33. The number of anilines is 1. The number of hydrogen-bond acceptors (Lipinski definition) is 5. The summed E-state index contributed by atoms with van der Waals surface area (Å²) in [7, 11) is 0. The van der Waals surface area contributed by atoms with Gasteiger partial charge < -0.3 is 19.5 Å². The first-order valence-corrected chi connectivity index (χ1v) is 10.3. The number of amides is 1. The number of aliphatic hydroxyl groups is 1. The van der Waals surface area contributed by atoms with E-state index in [0.717, 1.165) is 6.07 Å². The molecule has 0 spiro atoms. The van der Waals surface area contributed by atoms with E-state index < -0.39 is 29.7 Å². The quantitative estimate of drug-likeness (QED) is 0.782. The Balaban J connectivity index is 1.29. The van der Waals surface area contributed by atoms with Gasteiger partial charge in [-0.25, -0.2) is 13.8 Å². The Hall–Kier alpha value is -2.74. The van der Waals surface area contributed by atoms with Crippen LogP contribution in [0.3, 0.4) is 0 Å². The summed E-state index contributed by atoms with van der Waals surface area (Å²) in [5, 5.41) is 10.0. The molecule has 1 aromatic heterocycles. The minimum absolute atomic E-state index is 0.0341. The number of fused-ring (bicyclic) bond motifs is 1. The number of hydrogen-bond donors (Lipinski definition) is 1. The zero-order valence-corrected chi connectivity index (χ0v) is 16.3. The number of rotatable bonds is 6. The lowest BCUT2D eigenvalue weighted by Gasteiger charge is -2.20. The molecular weight excluding hydrogens is 394 g/mol. The topological polar surface area (TPSA) is 71.9 Å². The van der Waals surface area contributed by atoms with Crippen LogP contribution in [0.2, 0.25) is 0 Å². The third kappa shape index (κ3) is 3.49. The first kappa shape index (κ1) is 19.2. The summed E-state index contributed by atoms with van der Waals surface area (Å²) >= 11 is 0. The first-order chi connectivity index (χ1) is 14.5. The van der Waals surface area contributed by atoms with Gasteiger partial charge in [0.25, 0.3) is 5.91 Å². The van der Waals surface area contributed by atoms with Crippen LogP contribution < -0.4 is 14.4 Å². The Morgan fingerprint density at radius 3 is 2.77 bits per heavy atom. The molecule has 3 aliphatic rings. The second-order valence-corrected chi connectivity index (χ2v) is 8.11. The van der Waals surface area contributed by atoms with Gasteiger partial charge in [0.2, 0.25) is 5.88 Å². The summed E-state index contributed by atoms with van der Waals surface area (Å²) < 4.78 is 40.7. The van der Waals surface area contributed by atoms with Gasteiger partial charge in [-0.3, -0.25) is 4.79 Å². The minimum Gasteiger partial charge on any atom is -0.479 e. The van der Waals surface area contributed by atoms with Crippen molar-refractivity contribution in [3.05, 3.63) is 47.2 Å². The fourth-order valence-electron chi connectivity index (χ4n) is 4.07. The Bertz CT molecular complexity index is 978. The van der Waals surface area contributed by atoms with Gasteiger partial charge in [-0.15, -0.1) is 0 Å². The number of nitrogens with zero attached hydrogens (tertiary/aromatic N) is 2. The van der Waals surface area contributed by atoms with Gasteiger partial charge in [0.05, 0.1) is 24.6 Å². The Kier molecular flexibility index (Phi) is 4.81. The second kappa shape index (κ2) is 7.50. The molecule has 158 valence electrons. The number of ether oxygens (including phenoxy) is 2. The van der Waals surface area contributed by atoms with Crippen LogP contribution in [0, 0.1) is 17.6 Å². The van der Waals surface area contributed by atoms with Crippen molar-refractivity contribution in [1.82, 2.24) is 4.98 Å². The summed E-state index contributed by atoms with van der Waals surface area (Å²) in [5.41, 5.74) is 0.0108. The van der Waals surface area contributed by atoms with Gasteiger partial charge in [0.15, 0.2) is 11.9 Å². The molecule has 30 heavy (non-hydrogen) atoms. The predicted molar refractivity (Wildman–Crippen MR) is 103 cm³/mol. The Morgan fingerprint density at radius 1 is 1.20 bits per heavy atom. The average Bonchev–Trinajstić information content (AvgIpc) is 3.39. The van der Waals surface area contributed by atoms with Crippen LogP contribution in [-0.2, 0) is 11.2 Å². The molecule has 8 heteroatoms. The molecule has 2 atom stereocenters. The Morgan fingerprint density at radius 2 is 2.03 bits per heavy atom. The molecule has 1 amide bonds. The van der Waals surface area contributed by atoms with E-state index in [2.05, 4.69) is 4.98 Å². The maximum absolute atomic E-state index is 15.0. The largest absolute Gasteiger partial charge is 0.479 e. The molecule has 2 aromatic rings. The SMILES string of the molecule is O=C1[C@H](Oc2ccc(OCC3CC3)nc2)CCN1c1cc(F)c2c(c1F)C(O)CC2. The number of carbonyl (C=O) groups is 1. The second-order valence-electron chi connectivity index (χ2n) is 8.11. The number of halogens is 2. The number of aromatic nitrogens is 1. The van der Waals surface area contributed by atoms with Gasteiger partial charge in [-0.1, -0.05) is 0 Å². The summed E-state index contributed by atoms with van der Waals surface area (Å²) in [4.78, 5) is 18.2. The molecular formula is C22H22F2N2O4. The zero-order valence-electron chi connectivity index (χ0n) is 16.3. The standard InChI is InChI=1S/C22H22F2N2O4/c23-15-9-16(21(24)20-14(15)4-5-17(20)27)26-8-7-18(22(26)28)30-13-3-6-19(25-10-13)29-11-12-1-2-12/h3,6,9-10,12,17-18,27H,1-2,4-5,7-8,11H2/t17?,18-/m1/s1. The Labute approximate surface area is 172 Å². The maximum atomic E-state index is 15.0. The lowest BCUT2D eigenvalue weighted by molar-refractivity contribution is -0.122. The molecule has 1 unspecified atom stereocenters. The molecule has 2 aliphatic carbocycles. The van der Waals surface area contributed by atoms with Gasteiger partial charge in [0, 0.05) is 30.7 Å².